The Morgan fingerprint density at radius 2 is 2.27 bits per heavy atom. The third-order valence-corrected chi connectivity index (χ3v) is 2.20. The molecule has 0 unspecified atom stereocenters. The van der Waals surface area contributed by atoms with Crippen molar-refractivity contribution in [3.05, 3.63) is 0 Å². The highest BCUT2D eigenvalue weighted by molar-refractivity contribution is 4.86. The van der Waals surface area contributed by atoms with Crippen molar-refractivity contribution in [2.45, 2.75) is 44.7 Å². The predicted molar refractivity (Wildman–Crippen MR) is 41.1 cm³/mol. The molecule has 11 heavy (non-hydrogen) atoms. The molecule has 64 valence electrons. The zero-order valence-corrected chi connectivity index (χ0v) is 7.09. The molecule has 0 radical (unpaired) electrons. The second-order valence-corrected chi connectivity index (χ2v) is 3.74. The Morgan fingerprint density at radius 3 is 3.00 bits per heavy atom. The van der Waals surface area contributed by atoms with Crippen molar-refractivity contribution < 1.29 is 9.47 Å². The quantitative estimate of drug-likeness (QED) is 0.565. The van der Waals surface area contributed by atoms with Crippen LogP contribution in [0.3, 0.4) is 0 Å². The Kier molecular flexibility index (Phi) is 1.67. The van der Waals surface area contributed by atoms with Crippen LogP contribution in [0, 0.1) is 0 Å². The van der Waals surface area contributed by atoms with Gasteiger partial charge in [-0.1, -0.05) is 0 Å². The minimum atomic E-state index is -0.195. The van der Waals surface area contributed by atoms with Gasteiger partial charge in [0.25, 0.3) is 0 Å². The molecule has 2 aliphatic rings. The molecule has 2 aliphatic heterocycles. The van der Waals surface area contributed by atoms with Crippen LogP contribution in [0.5, 0.6) is 0 Å². The van der Waals surface area contributed by atoms with E-state index in [2.05, 4.69) is 5.32 Å². The molecule has 0 aromatic carbocycles. The third-order valence-electron chi connectivity index (χ3n) is 2.20. The van der Waals surface area contributed by atoms with Crippen LogP contribution < -0.4 is 5.32 Å². The standard InChI is InChI=1S/C8H15NO2/c1-8(2)9-7-6(11-8)4-3-5-10-7/h6-7,9H,3-5H2,1-2H3/t6-,7+/m0/s1. The first-order valence-corrected chi connectivity index (χ1v) is 4.24. The summed E-state index contributed by atoms with van der Waals surface area (Å²) in [4.78, 5) is 0. The molecule has 3 nitrogen and oxygen atoms in total. The topological polar surface area (TPSA) is 30.5 Å². The van der Waals surface area contributed by atoms with Gasteiger partial charge in [0.15, 0.2) is 0 Å². The minimum absolute atomic E-state index is 0.138. The van der Waals surface area contributed by atoms with Crippen molar-refractivity contribution >= 4 is 0 Å². The molecule has 0 aliphatic carbocycles. The zero-order chi connectivity index (χ0) is 7.90. The summed E-state index contributed by atoms with van der Waals surface area (Å²) >= 11 is 0. The first-order valence-electron chi connectivity index (χ1n) is 4.24. The number of rotatable bonds is 0. The number of hydrogen-bond donors (Lipinski definition) is 1. The van der Waals surface area contributed by atoms with Crippen LogP contribution in [0.1, 0.15) is 26.7 Å². The molecule has 2 rings (SSSR count). The van der Waals surface area contributed by atoms with Crippen molar-refractivity contribution in [2.75, 3.05) is 6.61 Å². The van der Waals surface area contributed by atoms with E-state index in [9.17, 15) is 0 Å². The molecule has 0 spiro atoms. The fourth-order valence-corrected chi connectivity index (χ4v) is 1.76. The summed E-state index contributed by atoms with van der Waals surface area (Å²) in [6.45, 7) is 4.94. The van der Waals surface area contributed by atoms with Gasteiger partial charge in [0, 0.05) is 6.61 Å². The van der Waals surface area contributed by atoms with Crippen molar-refractivity contribution in [1.29, 1.82) is 0 Å². The van der Waals surface area contributed by atoms with Gasteiger partial charge in [0.05, 0.1) is 6.10 Å². The zero-order valence-electron chi connectivity index (χ0n) is 7.09. The number of nitrogens with one attached hydrogen (secondary N) is 1. The Balaban J connectivity index is 2.03. The van der Waals surface area contributed by atoms with Gasteiger partial charge in [-0.25, -0.2) is 0 Å². The lowest BCUT2D eigenvalue weighted by Gasteiger charge is -2.23. The summed E-state index contributed by atoms with van der Waals surface area (Å²) in [7, 11) is 0. The van der Waals surface area contributed by atoms with E-state index in [1.165, 1.54) is 0 Å². The maximum Gasteiger partial charge on any atom is 0.136 e. The maximum absolute atomic E-state index is 5.72. The van der Waals surface area contributed by atoms with E-state index in [0.29, 0.717) is 0 Å². The Labute approximate surface area is 67.1 Å². The first kappa shape index (κ1) is 7.53. The van der Waals surface area contributed by atoms with Crippen LogP contribution in [0.25, 0.3) is 0 Å². The molecule has 2 heterocycles. The van der Waals surface area contributed by atoms with Crippen LogP contribution in [-0.2, 0) is 9.47 Å². The van der Waals surface area contributed by atoms with E-state index < -0.39 is 0 Å². The van der Waals surface area contributed by atoms with E-state index in [0.717, 1.165) is 19.4 Å². The van der Waals surface area contributed by atoms with E-state index in [4.69, 9.17) is 9.47 Å². The second kappa shape index (κ2) is 2.44. The van der Waals surface area contributed by atoms with Crippen LogP contribution in [-0.4, -0.2) is 24.7 Å². The number of hydrogen-bond acceptors (Lipinski definition) is 3. The molecule has 2 atom stereocenters. The molecule has 0 bridgehead atoms. The Hall–Kier alpha value is -0.120. The fraction of sp³-hybridized carbons (Fsp3) is 1.00. The average molecular weight is 157 g/mol. The van der Waals surface area contributed by atoms with E-state index in [1.807, 2.05) is 13.8 Å². The van der Waals surface area contributed by atoms with Crippen LogP contribution in [0.2, 0.25) is 0 Å². The molecular weight excluding hydrogens is 142 g/mol. The molecule has 1 N–H and O–H groups in total. The summed E-state index contributed by atoms with van der Waals surface area (Å²) in [6, 6.07) is 0. The minimum Gasteiger partial charge on any atom is -0.361 e. The van der Waals surface area contributed by atoms with Gasteiger partial charge in [0.2, 0.25) is 0 Å². The summed E-state index contributed by atoms with van der Waals surface area (Å²) in [5.74, 6) is 0. The Morgan fingerprint density at radius 1 is 1.45 bits per heavy atom. The monoisotopic (exact) mass is 157 g/mol. The maximum atomic E-state index is 5.72. The SMILES string of the molecule is CC1(C)N[C@@H]2OCCC[C@@H]2O1. The summed E-state index contributed by atoms with van der Waals surface area (Å²) in [5, 5.41) is 3.29. The number of ether oxygens (including phenoxy) is 2. The molecule has 0 amide bonds. The smallest absolute Gasteiger partial charge is 0.136 e. The lowest BCUT2D eigenvalue weighted by Crippen LogP contribution is -2.42. The lowest BCUT2D eigenvalue weighted by molar-refractivity contribution is -0.0749. The highest BCUT2D eigenvalue weighted by atomic mass is 16.6. The van der Waals surface area contributed by atoms with Gasteiger partial charge < -0.3 is 9.47 Å². The summed E-state index contributed by atoms with van der Waals surface area (Å²) in [5.41, 5.74) is -0.195. The first-order chi connectivity index (χ1) is 5.17. The van der Waals surface area contributed by atoms with Gasteiger partial charge >= 0.3 is 0 Å². The molecule has 0 aromatic heterocycles. The third kappa shape index (κ3) is 1.41. The number of fused-ring (bicyclic) bond motifs is 1. The molecule has 0 aromatic rings. The van der Waals surface area contributed by atoms with Crippen molar-refractivity contribution in [3.8, 4) is 0 Å². The van der Waals surface area contributed by atoms with E-state index >= 15 is 0 Å². The van der Waals surface area contributed by atoms with Crippen molar-refractivity contribution in [3.63, 3.8) is 0 Å². The molecule has 3 heteroatoms. The van der Waals surface area contributed by atoms with Crippen LogP contribution in [0.15, 0.2) is 0 Å². The van der Waals surface area contributed by atoms with Gasteiger partial charge in [-0.15, -0.1) is 0 Å². The highest BCUT2D eigenvalue weighted by Crippen LogP contribution is 2.27. The molecule has 2 fully saturated rings. The van der Waals surface area contributed by atoms with Crippen molar-refractivity contribution in [1.82, 2.24) is 5.32 Å². The fourth-order valence-electron chi connectivity index (χ4n) is 1.76. The molecule has 0 saturated carbocycles. The van der Waals surface area contributed by atoms with Gasteiger partial charge in [-0.3, -0.25) is 5.32 Å². The normalized spacial score (nSPS) is 42.0. The average Bonchev–Trinajstić information content (AvgIpc) is 2.21. The second-order valence-electron chi connectivity index (χ2n) is 3.74. The van der Waals surface area contributed by atoms with Gasteiger partial charge in [-0.05, 0) is 26.7 Å². The summed E-state index contributed by atoms with van der Waals surface area (Å²) < 4.78 is 11.2. The molecular formula is C8H15NO2. The largest absolute Gasteiger partial charge is 0.361 e. The Bertz CT molecular complexity index is 142. The van der Waals surface area contributed by atoms with Gasteiger partial charge in [-0.2, -0.15) is 0 Å². The summed E-state index contributed by atoms with van der Waals surface area (Å²) in [6.07, 6.45) is 2.66. The van der Waals surface area contributed by atoms with E-state index in [1.54, 1.807) is 0 Å². The lowest BCUT2D eigenvalue weighted by atomic mass is 10.1. The molecule has 2 saturated heterocycles. The van der Waals surface area contributed by atoms with Gasteiger partial charge in [0.1, 0.15) is 12.0 Å². The predicted octanol–water partition coefficient (Wildman–Crippen LogP) is 0.847. The highest BCUT2D eigenvalue weighted by Gasteiger charge is 2.41. The van der Waals surface area contributed by atoms with Crippen LogP contribution in [0.4, 0.5) is 0 Å². The van der Waals surface area contributed by atoms with Crippen LogP contribution >= 0.6 is 0 Å². The van der Waals surface area contributed by atoms with Crippen molar-refractivity contribution in [2.24, 2.45) is 0 Å². The van der Waals surface area contributed by atoms with E-state index in [-0.39, 0.29) is 18.1 Å².